The van der Waals surface area contributed by atoms with Crippen LogP contribution in [0.3, 0.4) is 0 Å². The molecule has 1 amide bonds. The predicted octanol–water partition coefficient (Wildman–Crippen LogP) is 4.25. The van der Waals surface area contributed by atoms with E-state index >= 15 is 0 Å². The first-order chi connectivity index (χ1) is 11.4. The molecule has 0 bridgehead atoms. The zero-order chi connectivity index (χ0) is 17.3. The first kappa shape index (κ1) is 16.9. The summed E-state index contributed by atoms with van der Waals surface area (Å²) in [6.45, 7) is 2.35. The van der Waals surface area contributed by atoms with E-state index in [1.54, 1.807) is 18.2 Å². The molecule has 1 aliphatic rings. The Bertz CT molecular complexity index is 780. The largest absolute Gasteiger partial charge is 0.355 e. The SMILES string of the molecule is CC1CC1(CNC(=O)Cc1cccc(Cl)c1)c1ccc(F)cc1F. The molecule has 1 fully saturated rings. The van der Waals surface area contributed by atoms with Crippen LogP contribution in [-0.2, 0) is 16.6 Å². The van der Waals surface area contributed by atoms with E-state index < -0.39 is 17.0 Å². The summed E-state index contributed by atoms with van der Waals surface area (Å²) >= 11 is 5.91. The van der Waals surface area contributed by atoms with Gasteiger partial charge in [-0.3, -0.25) is 4.79 Å². The van der Waals surface area contributed by atoms with E-state index in [0.717, 1.165) is 18.1 Å². The van der Waals surface area contributed by atoms with Gasteiger partial charge in [0.15, 0.2) is 0 Å². The zero-order valence-corrected chi connectivity index (χ0v) is 14.0. The van der Waals surface area contributed by atoms with Crippen molar-refractivity contribution in [3.05, 3.63) is 70.2 Å². The van der Waals surface area contributed by atoms with Gasteiger partial charge >= 0.3 is 0 Å². The molecule has 126 valence electrons. The molecule has 3 rings (SSSR count). The maximum Gasteiger partial charge on any atom is 0.224 e. The summed E-state index contributed by atoms with van der Waals surface area (Å²) in [5.74, 6) is -1.05. The maximum absolute atomic E-state index is 14.1. The quantitative estimate of drug-likeness (QED) is 0.858. The Morgan fingerprint density at radius 2 is 2.04 bits per heavy atom. The van der Waals surface area contributed by atoms with Crippen LogP contribution >= 0.6 is 11.6 Å². The molecule has 0 saturated heterocycles. The molecule has 0 spiro atoms. The maximum atomic E-state index is 14.1. The van der Waals surface area contributed by atoms with Gasteiger partial charge in [-0.25, -0.2) is 8.78 Å². The predicted molar refractivity (Wildman–Crippen MR) is 90.0 cm³/mol. The van der Waals surface area contributed by atoms with E-state index in [0.29, 0.717) is 17.1 Å². The molecule has 0 heterocycles. The summed E-state index contributed by atoms with van der Waals surface area (Å²) in [5.41, 5.74) is 0.854. The van der Waals surface area contributed by atoms with Gasteiger partial charge in [-0.05, 0) is 41.7 Å². The average Bonchev–Trinajstić information content (AvgIpc) is 3.16. The average molecular weight is 350 g/mol. The molecule has 2 nitrogen and oxygen atoms in total. The molecular formula is C19H18ClF2NO. The highest BCUT2D eigenvalue weighted by Gasteiger charge is 2.53. The molecule has 2 unspecified atom stereocenters. The number of hydrogen-bond acceptors (Lipinski definition) is 1. The number of hydrogen-bond donors (Lipinski definition) is 1. The fourth-order valence-electron chi connectivity index (χ4n) is 3.25. The molecule has 2 aromatic carbocycles. The van der Waals surface area contributed by atoms with E-state index in [1.165, 1.54) is 12.1 Å². The molecule has 2 atom stereocenters. The molecule has 1 aliphatic carbocycles. The lowest BCUT2D eigenvalue weighted by Crippen LogP contribution is -2.34. The van der Waals surface area contributed by atoms with Crippen molar-refractivity contribution in [1.29, 1.82) is 0 Å². The van der Waals surface area contributed by atoms with E-state index in [1.807, 2.05) is 13.0 Å². The fraction of sp³-hybridized carbons (Fsp3) is 0.316. The monoisotopic (exact) mass is 349 g/mol. The minimum Gasteiger partial charge on any atom is -0.355 e. The van der Waals surface area contributed by atoms with Gasteiger partial charge in [0, 0.05) is 23.0 Å². The highest BCUT2D eigenvalue weighted by Crippen LogP contribution is 2.54. The van der Waals surface area contributed by atoms with Crippen LogP contribution in [0, 0.1) is 17.6 Å². The molecular weight excluding hydrogens is 332 g/mol. The van der Waals surface area contributed by atoms with Crippen molar-refractivity contribution in [2.24, 2.45) is 5.92 Å². The Balaban J connectivity index is 1.67. The van der Waals surface area contributed by atoms with Crippen LogP contribution in [0.2, 0.25) is 5.02 Å². The Kier molecular flexibility index (Phi) is 4.59. The standard InChI is InChI=1S/C19H18ClF2NO/c1-12-10-19(12,16-6-5-15(21)9-17(16)22)11-23-18(24)8-13-3-2-4-14(20)7-13/h2-7,9,12H,8,10-11H2,1H3,(H,23,24). The van der Waals surface area contributed by atoms with Crippen molar-refractivity contribution >= 4 is 17.5 Å². The molecule has 24 heavy (non-hydrogen) atoms. The van der Waals surface area contributed by atoms with Gasteiger partial charge in [-0.1, -0.05) is 36.7 Å². The third-order valence-corrected chi connectivity index (χ3v) is 5.01. The van der Waals surface area contributed by atoms with Gasteiger partial charge < -0.3 is 5.32 Å². The first-order valence-electron chi connectivity index (χ1n) is 7.87. The second-order valence-corrected chi connectivity index (χ2v) is 6.91. The van der Waals surface area contributed by atoms with Gasteiger partial charge in [0.25, 0.3) is 0 Å². The van der Waals surface area contributed by atoms with Crippen LogP contribution in [0.1, 0.15) is 24.5 Å². The van der Waals surface area contributed by atoms with Gasteiger partial charge in [0.05, 0.1) is 6.42 Å². The van der Waals surface area contributed by atoms with Gasteiger partial charge in [0.1, 0.15) is 11.6 Å². The number of nitrogens with one attached hydrogen (secondary N) is 1. The number of amides is 1. The lowest BCUT2D eigenvalue weighted by atomic mass is 9.92. The van der Waals surface area contributed by atoms with Gasteiger partial charge in [-0.15, -0.1) is 0 Å². The number of carbonyl (C=O) groups excluding carboxylic acids is 1. The Morgan fingerprint density at radius 3 is 2.67 bits per heavy atom. The van der Waals surface area contributed by atoms with Crippen LogP contribution in [-0.4, -0.2) is 12.5 Å². The van der Waals surface area contributed by atoms with Crippen LogP contribution in [0.15, 0.2) is 42.5 Å². The fourth-order valence-corrected chi connectivity index (χ4v) is 3.46. The van der Waals surface area contributed by atoms with Crippen LogP contribution in [0.4, 0.5) is 8.78 Å². The molecule has 1 saturated carbocycles. The molecule has 2 aromatic rings. The molecule has 0 aromatic heterocycles. The van der Waals surface area contributed by atoms with Crippen LogP contribution < -0.4 is 5.32 Å². The van der Waals surface area contributed by atoms with Crippen molar-refractivity contribution in [2.45, 2.75) is 25.2 Å². The number of carbonyl (C=O) groups is 1. The molecule has 1 N–H and O–H groups in total. The van der Waals surface area contributed by atoms with Crippen molar-refractivity contribution in [3.8, 4) is 0 Å². The van der Waals surface area contributed by atoms with E-state index in [-0.39, 0.29) is 18.2 Å². The van der Waals surface area contributed by atoms with Crippen LogP contribution in [0.5, 0.6) is 0 Å². The van der Waals surface area contributed by atoms with Crippen LogP contribution in [0.25, 0.3) is 0 Å². The number of rotatable bonds is 5. The lowest BCUT2D eigenvalue weighted by molar-refractivity contribution is -0.120. The smallest absolute Gasteiger partial charge is 0.224 e. The van der Waals surface area contributed by atoms with Gasteiger partial charge in [-0.2, -0.15) is 0 Å². The van der Waals surface area contributed by atoms with E-state index in [2.05, 4.69) is 5.32 Å². The van der Waals surface area contributed by atoms with E-state index in [4.69, 9.17) is 11.6 Å². The van der Waals surface area contributed by atoms with Gasteiger partial charge in [0.2, 0.25) is 5.91 Å². The first-order valence-corrected chi connectivity index (χ1v) is 8.25. The highest BCUT2D eigenvalue weighted by atomic mass is 35.5. The molecule has 0 aliphatic heterocycles. The number of benzene rings is 2. The Labute approximate surface area is 144 Å². The summed E-state index contributed by atoms with van der Waals surface area (Å²) in [4.78, 5) is 12.2. The lowest BCUT2D eigenvalue weighted by Gasteiger charge is -2.19. The summed E-state index contributed by atoms with van der Waals surface area (Å²) in [7, 11) is 0. The normalized spacial score (nSPS) is 22.2. The topological polar surface area (TPSA) is 29.1 Å². The third-order valence-electron chi connectivity index (χ3n) is 4.78. The van der Waals surface area contributed by atoms with Crippen molar-refractivity contribution in [3.63, 3.8) is 0 Å². The molecule has 0 radical (unpaired) electrons. The second-order valence-electron chi connectivity index (χ2n) is 6.47. The summed E-state index contributed by atoms with van der Waals surface area (Å²) in [6, 6.07) is 10.8. The third kappa shape index (κ3) is 3.44. The second kappa shape index (κ2) is 6.52. The van der Waals surface area contributed by atoms with Crippen molar-refractivity contribution in [2.75, 3.05) is 6.54 Å². The summed E-state index contributed by atoms with van der Waals surface area (Å²) in [6.07, 6.45) is 0.990. The minimum absolute atomic E-state index is 0.140. The highest BCUT2D eigenvalue weighted by molar-refractivity contribution is 6.30. The summed E-state index contributed by atoms with van der Waals surface area (Å²) in [5, 5.41) is 3.47. The minimum atomic E-state index is -0.593. The Morgan fingerprint density at radius 1 is 1.29 bits per heavy atom. The molecule has 5 heteroatoms. The Hall–Kier alpha value is -1.94. The van der Waals surface area contributed by atoms with Crippen molar-refractivity contribution in [1.82, 2.24) is 5.32 Å². The summed E-state index contributed by atoms with van der Waals surface area (Å²) < 4.78 is 27.2. The van der Waals surface area contributed by atoms with Crippen molar-refractivity contribution < 1.29 is 13.6 Å². The van der Waals surface area contributed by atoms with E-state index in [9.17, 15) is 13.6 Å². The number of halogens is 3. The zero-order valence-electron chi connectivity index (χ0n) is 13.3.